The zero-order valence-corrected chi connectivity index (χ0v) is 16.5. The molecule has 2 aromatic carbocycles. The predicted molar refractivity (Wildman–Crippen MR) is 112 cm³/mol. The number of carbonyl (C=O) groups is 1. The van der Waals surface area contributed by atoms with Crippen molar-refractivity contribution in [3.63, 3.8) is 0 Å². The van der Waals surface area contributed by atoms with Crippen LogP contribution in [0.2, 0.25) is 0 Å². The Morgan fingerprint density at radius 2 is 1.97 bits per heavy atom. The highest BCUT2D eigenvalue weighted by Gasteiger charge is 2.16. The van der Waals surface area contributed by atoms with Crippen molar-refractivity contribution in [1.29, 1.82) is 0 Å². The first kappa shape index (κ1) is 18.7. The van der Waals surface area contributed by atoms with E-state index in [1.54, 1.807) is 24.4 Å². The van der Waals surface area contributed by atoms with Gasteiger partial charge < -0.3 is 14.6 Å². The third kappa shape index (κ3) is 3.69. The summed E-state index contributed by atoms with van der Waals surface area (Å²) in [7, 11) is 0. The fourth-order valence-electron chi connectivity index (χ4n) is 3.13. The average Bonchev–Trinajstić information content (AvgIpc) is 3.22. The normalized spacial score (nSPS) is 10.9. The van der Waals surface area contributed by atoms with Crippen LogP contribution in [0.25, 0.3) is 22.2 Å². The molecule has 0 aliphatic rings. The van der Waals surface area contributed by atoms with E-state index in [1.165, 1.54) is 5.56 Å². The van der Waals surface area contributed by atoms with Gasteiger partial charge in [0, 0.05) is 23.2 Å². The number of hydrogen-bond donors (Lipinski definition) is 1. The molecule has 146 valence electrons. The second-order valence-corrected chi connectivity index (χ2v) is 6.77. The van der Waals surface area contributed by atoms with E-state index in [-0.39, 0.29) is 11.6 Å². The Bertz CT molecular complexity index is 1200. The minimum absolute atomic E-state index is 0.212. The smallest absolute Gasteiger partial charge is 0.277 e. The zero-order chi connectivity index (χ0) is 20.4. The number of ether oxygens (including phenoxy) is 1. The van der Waals surface area contributed by atoms with E-state index in [0.717, 1.165) is 16.5 Å². The highest BCUT2D eigenvalue weighted by Crippen LogP contribution is 2.30. The third-order valence-corrected chi connectivity index (χ3v) is 4.81. The summed E-state index contributed by atoms with van der Waals surface area (Å²) in [5.41, 5.74) is 4.78. The molecule has 0 unspecified atom stereocenters. The molecule has 4 rings (SSSR count). The van der Waals surface area contributed by atoms with Gasteiger partial charge in [-0.25, -0.2) is 0 Å². The molecule has 0 aliphatic carbocycles. The molecule has 6 heteroatoms. The van der Waals surface area contributed by atoms with Gasteiger partial charge in [-0.15, -0.1) is 0 Å². The van der Waals surface area contributed by atoms with Gasteiger partial charge in [-0.1, -0.05) is 17.3 Å². The van der Waals surface area contributed by atoms with Crippen molar-refractivity contribution in [1.82, 2.24) is 10.1 Å². The van der Waals surface area contributed by atoms with Crippen molar-refractivity contribution in [3.8, 4) is 17.1 Å². The molecule has 1 amide bonds. The molecule has 2 heterocycles. The molecular weight excluding hydrogens is 366 g/mol. The van der Waals surface area contributed by atoms with E-state index in [4.69, 9.17) is 9.26 Å². The van der Waals surface area contributed by atoms with E-state index in [9.17, 15) is 4.79 Å². The summed E-state index contributed by atoms with van der Waals surface area (Å²) < 4.78 is 11.0. The van der Waals surface area contributed by atoms with Gasteiger partial charge in [-0.05, 0) is 62.2 Å². The van der Waals surface area contributed by atoms with E-state index in [0.29, 0.717) is 29.3 Å². The number of fused-ring (bicyclic) bond motifs is 1. The second kappa shape index (κ2) is 7.75. The molecule has 29 heavy (non-hydrogen) atoms. The molecule has 0 spiro atoms. The fraction of sp³-hybridized carbons (Fsp3) is 0.174. The number of nitrogens with one attached hydrogen (secondary N) is 1. The molecule has 0 aliphatic heterocycles. The maximum absolute atomic E-state index is 12.7. The van der Waals surface area contributed by atoms with Crippen LogP contribution in [0.1, 0.15) is 28.5 Å². The number of nitrogens with zero attached hydrogens (tertiary/aromatic N) is 2. The fourth-order valence-corrected chi connectivity index (χ4v) is 3.13. The summed E-state index contributed by atoms with van der Waals surface area (Å²) in [5, 5.41) is 7.64. The van der Waals surface area contributed by atoms with Gasteiger partial charge >= 0.3 is 0 Å². The topological polar surface area (TPSA) is 77.2 Å². The third-order valence-electron chi connectivity index (χ3n) is 4.81. The number of carbonyl (C=O) groups excluding carboxylic acids is 1. The van der Waals surface area contributed by atoms with Crippen molar-refractivity contribution in [2.45, 2.75) is 20.8 Å². The molecule has 0 atom stereocenters. The van der Waals surface area contributed by atoms with E-state index in [1.807, 2.05) is 51.1 Å². The van der Waals surface area contributed by atoms with Crippen LogP contribution in [0.3, 0.4) is 0 Å². The van der Waals surface area contributed by atoms with Crippen molar-refractivity contribution < 1.29 is 14.1 Å². The van der Waals surface area contributed by atoms with Crippen molar-refractivity contribution >= 4 is 22.5 Å². The number of aryl methyl sites for hydroxylation is 2. The lowest BCUT2D eigenvalue weighted by molar-refractivity contribution is 0.101. The lowest BCUT2D eigenvalue weighted by Crippen LogP contribution is -2.12. The summed E-state index contributed by atoms with van der Waals surface area (Å²) in [6, 6.07) is 15.0. The number of rotatable bonds is 5. The Morgan fingerprint density at radius 1 is 1.10 bits per heavy atom. The standard InChI is InChI=1S/C23H21N3O3/c1-4-28-20-10-9-18(17-6-5-11-24-22(17)20)25-23(27)19-13-21(29-26-19)16-8-7-14(2)15(3)12-16/h5-13H,4H2,1-3H3,(H,25,27). The molecule has 4 aromatic rings. The molecule has 0 bridgehead atoms. The summed E-state index contributed by atoms with van der Waals surface area (Å²) in [4.78, 5) is 17.1. The second-order valence-electron chi connectivity index (χ2n) is 6.77. The number of anilines is 1. The molecule has 0 saturated carbocycles. The summed E-state index contributed by atoms with van der Waals surface area (Å²) in [5.74, 6) is 0.883. The van der Waals surface area contributed by atoms with Crippen molar-refractivity contribution in [3.05, 3.63) is 71.5 Å². The van der Waals surface area contributed by atoms with Gasteiger partial charge in [0.25, 0.3) is 5.91 Å². The maximum Gasteiger partial charge on any atom is 0.277 e. The minimum atomic E-state index is -0.349. The van der Waals surface area contributed by atoms with Gasteiger partial charge in [0.05, 0.1) is 12.3 Å². The monoisotopic (exact) mass is 387 g/mol. The highest BCUT2D eigenvalue weighted by molar-refractivity contribution is 6.08. The average molecular weight is 387 g/mol. The largest absolute Gasteiger partial charge is 0.492 e. The number of amides is 1. The lowest BCUT2D eigenvalue weighted by Gasteiger charge is -2.11. The van der Waals surface area contributed by atoms with Crippen LogP contribution in [0.4, 0.5) is 5.69 Å². The van der Waals surface area contributed by atoms with Crippen LogP contribution in [0.15, 0.2) is 59.3 Å². The Balaban J connectivity index is 1.61. The molecule has 6 nitrogen and oxygen atoms in total. The van der Waals surface area contributed by atoms with Crippen LogP contribution in [0, 0.1) is 13.8 Å². The molecule has 2 aromatic heterocycles. The van der Waals surface area contributed by atoms with Gasteiger partial charge in [0.1, 0.15) is 11.3 Å². The quantitative estimate of drug-likeness (QED) is 0.512. The first-order valence-electron chi connectivity index (χ1n) is 9.43. The Kier molecular flexibility index (Phi) is 4.99. The molecule has 0 fully saturated rings. The molecule has 1 N–H and O–H groups in total. The van der Waals surface area contributed by atoms with Crippen LogP contribution >= 0.6 is 0 Å². The zero-order valence-electron chi connectivity index (χ0n) is 16.5. The first-order valence-corrected chi connectivity index (χ1v) is 9.43. The Labute approximate surface area is 168 Å². The van der Waals surface area contributed by atoms with Crippen LogP contribution < -0.4 is 10.1 Å². The SMILES string of the molecule is CCOc1ccc(NC(=O)c2cc(-c3ccc(C)c(C)c3)on2)c2cccnc12. The molecule has 0 radical (unpaired) electrons. The Hall–Kier alpha value is -3.67. The van der Waals surface area contributed by atoms with Crippen LogP contribution in [0.5, 0.6) is 5.75 Å². The summed E-state index contributed by atoms with van der Waals surface area (Å²) >= 11 is 0. The van der Waals surface area contributed by atoms with Crippen LogP contribution in [-0.2, 0) is 0 Å². The van der Waals surface area contributed by atoms with Crippen LogP contribution in [-0.4, -0.2) is 22.7 Å². The van der Waals surface area contributed by atoms with Gasteiger partial charge in [-0.3, -0.25) is 9.78 Å². The number of hydrogen-bond acceptors (Lipinski definition) is 5. The van der Waals surface area contributed by atoms with E-state index >= 15 is 0 Å². The van der Waals surface area contributed by atoms with Crippen molar-refractivity contribution in [2.24, 2.45) is 0 Å². The summed E-state index contributed by atoms with van der Waals surface area (Å²) in [6.07, 6.45) is 1.70. The van der Waals surface area contributed by atoms with Crippen molar-refractivity contribution in [2.75, 3.05) is 11.9 Å². The summed E-state index contributed by atoms with van der Waals surface area (Å²) in [6.45, 7) is 6.54. The number of benzene rings is 2. The minimum Gasteiger partial charge on any atom is -0.492 e. The molecule has 0 saturated heterocycles. The van der Waals surface area contributed by atoms with E-state index < -0.39 is 0 Å². The van der Waals surface area contributed by atoms with Gasteiger partial charge in [0.15, 0.2) is 11.5 Å². The van der Waals surface area contributed by atoms with E-state index in [2.05, 4.69) is 15.5 Å². The number of aromatic nitrogens is 2. The predicted octanol–water partition coefficient (Wildman–Crippen LogP) is 5.16. The van der Waals surface area contributed by atoms with Gasteiger partial charge in [0.2, 0.25) is 0 Å². The highest BCUT2D eigenvalue weighted by atomic mass is 16.5. The lowest BCUT2D eigenvalue weighted by atomic mass is 10.0. The Morgan fingerprint density at radius 3 is 2.76 bits per heavy atom. The number of pyridine rings is 1. The maximum atomic E-state index is 12.7. The first-order chi connectivity index (χ1) is 14.1. The molecular formula is C23H21N3O3. The van der Waals surface area contributed by atoms with Gasteiger partial charge in [-0.2, -0.15) is 0 Å².